The van der Waals surface area contributed by atoms with Gasteiger partial charge in [-0.25, -0.2) is 8.42 Å². The van der Waals surface area contributed by atoms with E-state index in [1.807, 2.05) is 45.0 Å². The van der Waals surface area contributed by atoms with Crippen LogP contribution in [0.25, 0.3) is 0 Å². The second-order valence-electron chi connectivity index (χ2n) is 8.21. The van der Waals surface area contributed by atoms with Crippen LogP contribution in [0.1, 0.15) is 37.6 Å². The molecule has 0 aliphatic carbocycles. The van der Waals surface area contributed by atoms with Crippen LogP contribution < -0.4 is 9.64 Å². The number of hydrogen-bond donors (Lipinski definition) is 0. The topological polar surface area (TPSA) is 87.8 Å². The second kappa shape index (κ2) is 9.11. The van der Waals surface area contributed by atoms with Gasteiger partial charge < -0.3 is 14.5 Å². The average Bonchev–Trinajstić information content (AvgIpc) is 3.36. The molecule has 2 fully saturated rings. The number of aromatic nitrogens is 2. The van der Waals surface area contributed by atoms with E-state index in [2.05, 4.69) is 10.00 Å². The van der Waals surface area contributed by atoms with Crippen LogP contribution in [-0.2, 0) is 16.6 Å². The Labute approximate surface area is 189 Å². The molecular formula is C22H31N5O4S. The molecule has 0 saturated carbocycles. The highest BCUT2D eigenvalue weighted by molar-refractivity contribution is 7.89. The first-order chi connectivity index (χ1) is 15.4. The highest BCUT2D eigenvalue weighted by atomic mass is 32.2. The highest BCUT2D eigenvalue weighted by Gasteiger charge is 2.41. The van der Waals surface area contributed by atoms with Gasteiger partial charge in [0.2, 0.25) is 5.03 Å². The molecule has 4 rings (SSSR count). The molecule has 1 atom stereocenters. The third-order valence-electron chi connectivity index (χ3n) is 5.86. The van der Waals surface area contributed by atoms with Gasteiger partial charge in [0, 0.05) is 51.5 Å². The van der Waals surface area contributed by atoms with Crippen LogP contribution >= 0.6 is 0 Å². The normalized spacial score (nSPS) is 19.3. The van der Waals surface area contributed by atoms with Crippen LogP contribution in [0.2, 0.25) is 0 Å². The summed E-state index contributed by atoms with van der Waals surface area (Å²) in [5, 5.41) is 4.20. The van der Waals surface area contributed by atoms with Gasteiger partial charge in [-0.05, 0) is 32.4 Å². The van der Waals surface area contributed by atoms with Crippen LogP contribution in [0.3, 0.4) is 0 Å². The van der Waals surface area contributed by atoms with Crippen LogP contribution in [-0.4, -0.2) is 78.7 Å². The zero-order chi connectivity index (χ0) is 22.9. The molecule has 1 aromatic carbocycles. The first kappa shape index (κ1) is 22.6. The SMILES string of the molecule is CCCn1cc(C(=O)N2C[C@H]2C)c(S(=O)(=O)N2CCN(c3ccccc3OCC)CC2)n1. The molecule has 0 bridgehead atoms. The predicted molar refractivity (Wildman–Crippen MR) is 122 cm³/mol. The highest BCUT2D eigenvalue weighted by Crippen LogP contribution is 2.31. The van der Waals surface area contributed by atoms with Crippen LogP contribution in [0.5, 0.6) is 5.75 Å². The zero-order valence-electron chi connectivity index (χ0n) is 18.9. The average molecular weight is 462 g/mol. The first-order valence-electron chi connectivity index (χ1n) is 11.2. The van der Waals surface area contributed by atoms with Crippen LogP contribution in [0.15, 0.2) is 35.5 Å². The molecule has 1 aromatic heterocycles. The Morgan fingerprint density at radius 2 is 1.84 bits per heavy atom. The molecule has 9 nitrogen and oxygen atoms in total. The van der Waals surface area contributed by atoms with Gasteiger partial charge in [-0.2, -0.15) is 9.40 Å². The van der Waals surface area contributed by atoms with Crippen molar-refractivity contribution in [1.82, 2.24) is 19.0 Å². The summed E-state index contributed by atoms with van der Waals surface area (Å²) in [6.45, 7) is 9.35. The van der Waals surface area contributed by atoms with Crippen molar-refractivity contribution < 1.29 is 17.9 Å². The molecule has 3 heterocycles. The summed E-state index contributed by atoms with van der Waals surface area (Å²) in [6.07, 6.45) is 2.38. The maximum Gasteiger partial charge on any atom is 0.263 e. The molecule has 0 spiro atoms. The quantitative estimate of drug-likeness (QED) is 0.559. The molecule has 2 aliphatic heterocycles. The number of nitrogens with zero attached hydrogens (tertiary/aromatic N) is 5. The van der Waals surface area contributed by atoms with Gasteiger partial charge in [0.1, 0.15) is 5.75 Å². The molecule has 174 valence electrons. The minimum atomic E-state index is -3.89. The maximum atomic E-state index is 13.5. The number of benzene rings is 1. The molecule has 0 radical (unpaired) electrons. The number of para-hydroxylation sites is 2. The Morgan fingerprint density at radius 1 is 1.16 bits per heavy atom. The molecular weight excluding hydrogens is 430 g/mol. The van der Waals surface area contributed by atoms with Crippen molar-refractivity contribution in [2.45, 2.75) is 44.8 Å². The third kappa shape index (κ3) is 4.33. The van der Waals surface area contributed by atoms with Gasteiger partial charge in [-0.3, -0.25) is 9.48 Å². The van der Waals surface area contributed by atoms with Crippen molar-refractivity contribution in [2.24, 2.45) is 0 Å². The monoisotopic (exact) mass is 461 g/mol. The molecule has 1 amide bonds. The Kier molecular flexibility index (Phi) is 6.43. The van der Waals surface area contributed by atoms with Gasteiger partial charge in [-0.15, -0.1) is 0 Å². The van der Waals surface area contributed by atoms with E-state index in [0.29, 0.717) is 45.9 Å². The summed E-state index contributed by atoms with van der Waals surface area (Å²) < 4.78 is 35.7. The van der Waals surface area contributed by atoms with Gasteiger partial charge in [0.25, 0.3) is 15.9 Å². The number of anilines is 1. The van der Waals surface area contributed by atoms with E-state index in [-0.39, 0.29) is 22.5 Å². The lowest BCUT2D eigenvalue weighted by atomic mass is 10.2. The Bertz CT molecular complexity index is 1080. The predicted octanol–water partition coefficient (Wildman–Crippen LogP) is 2.05. The summed E-state index contributed by atoms with van der Waals surface area (Å²) in [4.78, 5) is 16.7. The van der Waals surface area contributed by atoms with Gasteiger partial charge >= 0.3 is 0 Å². The molecule has 10 heteroatoms. The van der Waals surface area contributed by atoms with Crippen molar-refractivity contribution in [2.75, 3.05) is 44.2 Å². The summed E-state index contributed by atoms with van der Waals surface area (Å²) in [6, 6.07) is 7.93. The standard InChI is InChI=1S/C22H31N5O4S/c1-4-10-25-16-18(22(28)27-15-17(27)3)21(23-25)32(29,30)26-13-11-24(12-14-26)19-8-6-7-9-20(19)31-5-2/h6-9,16-17H,4-5,10-15H2,1-3H3/t17-,27?/m1/s1. The minimum absolute atomic E-state index is 0.127. The Hall–Kier alpha value is -2.59. The smallest absolute Gasteiger partial charge is 0.263 e. The van der Waals surface area contributed by atoms with Crippen molar-refractivity contribution in [1.29, 1.82) is 0 Å². The molecule has 0 unspecified atom stereocenters. The number of carbonyl (C=O) groups excluding carboxylic acids is 1. The summed E-state index contributed by atoms with van der Waals surface area (Å²) in [5.74, 6) is 0.535. The lowest BCUT2D eigenvalue weighted by Gasteiger charge is -2.35. The first-order valence-corrected chi connectivity index (χ1v) is 12.7. The van der Waals surface area contributed by atoms with Crippen molar-refractivity contribution in [3.8, 4) is 5.75 Å². The fourth-order valence-electron chi connectivity index (χ4n) is 4.05. The number of amides is 1. The van der Waals surface area contributed by atoms with E-state index >= 15 is 0 Å². The number of rotatable bonds is 8. The summed E-state index contributed by atoms with van der Waals surface area (Å²) >= 11 is 0. The number of carbonyl (C=O) groups is 1. The van der Waals surface area contributed by atoms with Gasteiger partial charge in [-0.1, -0.05) is 19.1 Å². The largest absolute Gasteiger partial charge is 0.492 e. The van der Waals surface area contributed by atoms with E-state index in [0.717, 1.165) is 17.9 Å². The third-order valence-corrected chi connectivity index (χ3v) is 7.70. The number of ether oxygens (including phenoxy) is 1. The molecule has 2 aromatic rings. The van der Waals surface area contributed by atoms with E-state index < -0.39 is 10.0 Å². The molecule has 2 saturated heterocycles. The molecule has 32 heavy (non-hydrogen) atoms. The van der Waals surface area contributed by atoms with E-state index in [4.69, 9.17) is 4.74 Å². The lowest BCUT2D eigenvalue weighted by Crippen LogP contribution is -2.49. The Morgan fingerprint density at radius 3 is 2.47 bits per heavy atom. The van der Waals surface area contributed by atoms with Gasteiger partial charge in [0.15, 0.2) is 0 Å². The summed E-state index contributed by atoms with van der Waals surface area (Å²) in [7, 11) is -3.89. The van der Waals surface area contributed by atoms with Gasteiger partial charge in [0.05, 0.1) is 17.9 Å². The van der Waals surface area contributed by atoms with E-state index in [9.17, 15) is 13.2 Å². The van der Waals surface area contributed by atoms with Crippen molar-refractivity contribution in [3.63, 3.8) is 0 Å². The molecule has 2 aliphatic rings. The number of piperazine rings is 1. The lowest BCUT2D eigenvalue weighted by molar-refractivity contribution is 0.0872. The van der Waals surface area contributed by atoms with Crippen molar-refractivity contribution in [3.05, 3.63) is 36.0 Å². The number of aryl methyl sites for hydroxylation is 1. The maximum absolute atomic E-state index is 13.5. The van der Waals surface area contributed by atoms with E-state index in [1.165, 1.54) is 4.31 Å². The zero-order valence-corrected chi connectivity index (χ0v) is 19.7. The number of hydrogen-bond acceptors (Lipinski definition) is 6. The molecule has 0 N–H and O–H groups in total. The second-order valence-corrected chi connectivity index (χ2v) is 10.1. The van der Waals surface area contributed by atoms with E-state index in [1.54, 1.807) is 15.8 Å². The number of sulfonamides is 1. The van der Waals surface area contributed by atoms with Crippen LogP contribution in [0.4, 0.5) is 5.69 Å². The fourth-order valence-corrected chi connectivity index (χ4v) is 5.56. The Balaban J connectivity index is 1.54. The van der Waals surface area contributed by atoms with Crippen molar-refractivity contribution >= 4 is 21.6 Å². The van der Waals surface area contributed by atoms with Crippen LogP contribution in [0, 0.1) is 0 Å². The summed E-state index contributed by atoms with van der Waals surface area (Å²) in [5.41, 5.74) is 1.14. The fraction of sp³-hybridized carbons (Fsp3) is 0.545. The minimum Gasteiger partial charge on any atom is -0.492 e.